The summed E-state index contributed by atoms with van der Waals surface area (Å²) in [4.78, 5) is 27.3. The number of hydrogen-bond acceptors (Lipinski definition) is 6. The standard InChI is InChI=1S/C24H28F3N5O2S/c1-30(2)20-9-10-31(14-20)29-23(34)17-4-3-5-19(12-17)28-22(33)15-35-32-11-8-16-6-7-18(13-21(16)32)24(25,26)27/h3-7,12-13,20H,8-11,14-15H2,1-2H3,(H,28,33)(H,29,34). The number of benzene rings is 2. The molecule has 1 fully saturated rings. The summed E-state index contributed by atoms with van der Waals surface area (Å²) < 4.78 is 40.9. The number of fused-ring (bicyclic) bond motifs is 1. The number of rotatable bonds is 7. The van der Waals surface area contributed by atoms with E-state index in [4.69, 9.17) is 0 Å². The first-order valence-corrected chi connectivity index (χ1v) is 12.3. The number of hydrazine groups is 1. The molecule has 2 aliphatic rings. The maximum atomic E-state index is 13.1. The molecule has 2 N–H and O–H groups in total. The summed E-state index contributed by atoms with van der Waals surface area (Å²) in [6, 6.07) is 10.8. The Morgan fingerprint density at radius 3 is 2.66 bits per heavy atom. The van der Waals surface area contributed by atoms with E-state index in [1.54, 1.807) is 28.6 Å². The van der Waals surface area contributed by atoms with Crippen LogP contribution in [0.25, 0.3) is 0 Å². The van der Waals surface area contributed by atoms with Crippen molar-refractivity contribution in [3.8, 4) is 0 Å². The quantitative estimate of drug-likeness (QED) is 0.558. The van der Waals surface area contributed by atoms with Gasteiger partial charge in [0, 0.05) is 36.9 Å². The van der Waals surface area contributed by atoms with Crippen LogP contribution in [0.4, 0.5) is 24.5 Å². The number of anilines is 2. The Hall–Kier alpha value is -2.76. The number of likely N-dealkylation sites (N-methyl/N-ethyl adjacent to an activating group) is 1. The van der Waals surface area contributed by atoms with Crippen LogP contribution in [0.3, 0.4) is 0 Å². The van der Waals surface area contributed by atoms with Gasteiger partial charge in [-0.2, -0.15) is 13.2 Å². The summed E-state index contributed by atoms with van der Waals surface area (Å²) in [6.07, 6.45) is -2.81. The zero-order chi connectivity index (χ0) is 25.2. The van der Waals surface area contributed by atoms with Crippen LogP contribution in [0, 0.1) is 0 Å². The van der Waals surface area contributed by atoms with Gasteiger partial charge < -0.3 is 14.5 Å². The first-order chi connectivity index (χ1) is 16.6. The van der Waals surface area contributed by atoms with Crippen LogP contribution in [0.15, 0.2) is 42.5 Å². The molecule has 1 atom stereocenters. The lowest BCUT2D eigenvalue weighted by Crippen LogP contribution is -2.42. The molecule has 2 amide bonds. The van der Waals surface area contributed by atoms with Gasteiger partial charge in [0.15, 0.2) is 0 Å². The fourth-order valence-corrected chi connectivity index (χ4v) is 5.08. The SMILES string of the molecule is CN(C)C1CCN(NC(=O)c2cccc(NC(=O)CSN3CCc4ccc(C(F)(F)F)cc43)c2)C1. The minimum absolute atomic E-state index is 0.0335. The van der Waals surface area contributed by atoms with Crippen LogP contribution in [-0.4, -0.2) is 67.2 Å². The summed E-state index contributed by atoms with van der Waals surface area (Å²) in [5, 5.41) is 4.67. The summed E-state index contributed by atoms with van der Waals surface area (Å²) in [5.74, 6) is -0.517. The summed E-state index contributed by atoms with van der Waals surface area (Å²) in [5.41, 5.74) is 4.45. The number of halogens is 3. The third kappa shape index (κ3) is 6.28. The molecule has 35 heavy (non-hydrogen) atoms. The molecule has 4 rings (SSSR count). The first kappa shape index (κ1) is 25.3. The van der Waals surface area contributed by atoms with Gasteiger partial charge in [0.1, 0.15) is 0 Å². The molecule has 11 heteroatoms. The molecule has 2 aliphatic heterocycles. The van der Waals surface area contributed by atoms with E-state index < -0.39 is 11.7 Å². The van der Waals surface area contributed by atoms with Gasteiger partial charge in [0.25, 0.3) is 5.91 Å². The second-order valence-corrected chi connectivity index (χ2v) is 9.88. The van der Waals surface area contributed by atoms with Crippen LogP contribution in [0.1, 0.15) is 27.9 Å². The van der Waals surface area contributed by atoms with Crippen LogP contribution in [0.2, 0.25) is 0 Å². The molecule has 2 aromatic carbocycles. The molecule has 2 aromatic rings. The normalized spacial score (nSPS) is 18.1. The molecule has 2 heterocycles. The Kier molecular flexibility index (Phi) is 7.58. The Bertz CT molecular complexity index is 1100. The largest absolute Gasteiger partial charge is 0.416 e. The van der Waals surface area contributed by atoms with E-state index in [2.05, 4.69) is 15.6 Å². The summed E-state index contributed by atoms with van der Waals surface area (Å²) in [6.45, 7) is 2.05. The van der Waals surface area contributed by atoms with Gasteiger partial charge >= 0.3 is 6.18 Å². The highest BCUT2D eigenvalue weighted by Gasteiger charge is 2.33. The van der Waals surface area contributed by atoms with Gasteiger partial charge in [-0.1, -0.05) is 12.1 Å². The topological polar surface area (TPSA) is 67.9 Å². The minimum atomic E-state index is -4.41. The number of amides is 2. The van der Waals surface area contributed by atoms with Crippen molar-refractivity contribution in [1.82, 2.24) is 15.3 Å². The molecule has 0 spiro atoms. The van der Waals surface area contributed by atoms with E-state index in [-0.39, 0.29) is 17.6 Å². The van der Waals surface area contributed by atoms with E-state index in [9.17, 15) is 22.8 Å². The monoisotopic (exact) mass is 507 g/mol. The average Bonchev–Trinajstić information content (AvgIpc) is 3.44. The maximum absolute atomic E-state index is 13.1. The molecule has 0 radical (unpaired) electrons. The van der Waals surface area contributed by atoms with Crippen molar-refractivity contribution in [3.63, 3.8) is 0 Å². The first-order valence-electron chi connectivity index (χ1n) is 11.3. The van der Waals surface area contributed by atoms with Gasteiger partial charge in [-0.05, 0) is 74.8 Å². The molecular formula is C24H28F3N5O2S. The van der Waals surface area contributed by atoms with Crippen molar-refractivity contribution in [3.05, 3.63) is 59.2 Å². The van der Waals surface area contributed by atoms with E-state index >= 15 is 0 Å². The minimum Gasteiger partial charge on any atom is -0.325 e. The van der Waals surface area contributed by atoms with Gasteiger partial charge in [0.05, 0.1) is 17.0 Å². The lowest BCUT2D eigenvalue weighted by molar-refractivity contribution is -0.137. The van der Waals surface area contributed by atoms with Crippen molar-refractivity contribution in [2.75, 3.05) is 49.1 Å². The second kappa shape index (κ2) is 10.5. The zero-order valence-electron chi connectivity index (χ0n) is 19.6. The number of nitrogens with zero attached hydrogens (tertiary/aromatic N) is 3. The van der Waals surface area contributed by atoms with Gasteiger partial charge in [0.2, 0.25) is 5.91 Å². The van der Waals surface area contributed by atoms with Crippen molar-refractivity contribution >= 4 is 35.1 Å². The number of nitrogens with one attached hydrogen (secondary N) is 2. The molecule has 0 aromatic heterocycles. The number of carbonyl (C=O) groups excluding carboxylic acids is 2. The Balaban J connectivity index is 1.31. The lowest BCUT2D eigenvalue weighted by Gasteiger charge is -2.21. The van der Waals surface area contributed by atoms with Gasteiger partial charge in [-0.3, -0.25) is 15.0 Å². The highest BCUT2D eigenvalue weighted by molar-refractivity contribution is 8.01. The van der Waals surface area contributed by atoms with Crippen LogP contribution in [0.5, 0.6) is 0 Å². The molecule has 1 unspecified atom stereocenters. The second-order valence-electron chi connectivity index (χ2n) is 8.89. The fourth-order valence-electron chi connectivity index (χ4n) is 4.21. The third-order valence-electron chi connectivity index (χ3n) is 6.18. The average molecular weight is 508 g/mol. The molecule has 0 saturated carbocycles. The lowest BCUT2D eigenvalue weighted by atomic mass is 10.1. The zero-order valence-corrected chi connectivity index (χ0v) is 20.4. The van der Waals surface area contributed by atoms with Crippen molar-refractivity contribution < 1.29 is 22.8 Å². The molecule has 1 saturated heterocycles. The van der Waals surface area contributed by atoms with Crippen molar-refractivity contribution in [2.24, 2.45) is 0 Å². The number of carbonyl (C=O) groups is 2. The fraction of sp³-hybridized carbons (Fsp3) is 0.417. The van der Waals surface area contributed by atoms with Crippen molar-refractivity contribution in [1.29, 1.82) is 0 Å². The smallest absolute Gasteiger partial charge is 0.325 e. The third-order valence-corrected chi connectivity index (χ3v) is 7.26. The van der Waals surface area contributed by atoms with Crippen molar-refractivity contribution in [2.45, 2.75) is 25.1 Å². The molecule has 7 nitrogen and oxygen atoms in total. The van der Waals surface area contributed by atoms with Gasteiger partial charge in [-0.25, -0.2) is 5.01 Å². The Labute approximate surface area is 206 Å². The number of alkyl halides is 3. The predicted molar refractivity (Wildman–Crippen MR) is 131 cm³/mol. The summed E-state index contributed by atoms with van der Waals surface area (Å²) >= 11 is 1.17. The van der Waals surface area contributed by atoms with E-state index in [0.717, 1.165) is 37.2 Å². The molecule has 0 aliphatic carbocycles. The van der Waals surface area contributed by atoms with E-state index in [1.165, 1.54) is 18.0 Å². The highest BCUT2D eigenvalue weighted by atomic mass is 32.2. The maximum Gasteiger partial charge on any atom is 0.416 e. The van der Waals surface area contributed by atoms with Crippen LogP contribution >= 0.6 is 11.9 Å². The molecular weight excluding hydrogens is 479 g/mol. The summed E-state index contributed by atoms with van der Waals surface area (Å²) in [7, 11) is 4.03. The predicted octanol–water partition coefficient (Wildman–Crippen LogP) is 3.64. The highest BCUT2D eigenvalue weighted by Crippen LogP contribution is 2.38. The van der Waals surface area contributed by atoms with Crippen LogP contribution in [-0.2, 0) is 17.4 Å². The molecule has 0 bridgehead atoms. The van der Waals surface area contributed by atoms with E-state index in [0.29, 0.717) is 35.9 Å². The number of hydrogen-bond donors (Lipinski definition) is 2. The molecule has 188 valence electrons. The Morgan fingerprint density at radius 2 is 1.94 bits per heavy atom. The van der Waals surface area contributed by atoms with E-state index in [1.807, 2.05) is 19.1 Å². The van der Waals surface area contributed by atoms with Gasteiger partial charge in [-0.15, -0.1) is 0 Å². The van der Waals surface area contributed by atoms with Crippen LogP contribution < -0.4 is 15.0 Å². The Morgan fingerprint density at radius 1 is 1.14 bits per heavy atom.